The summed E-state index contributed by atoms with van der Waals surface area (Å²) >= 11 is 0. The number of carbonyl (C=O) groups is 1. The van der Waals surface area contributed by atoms with Gasteiger partial charge in [0, 0.05) is 18.5 Å². The van der Waals surface area contributed by atoms with Gasteiger partial charge in [-0.1, -0.05) is 6.07 Å². The second kappa shape index (κ2) is 8.18. The van der Waals surface area contributed by atoms with Gasteiger partial charge in [-0.2, -0.15) is 4.31 Å². The summed E-state index contributed by atoms with van der Waals surface area (Å²) in [6.07, 6.45) is -1.27. The Labute approximate surface area is 182 Å². The van der Waals surface area contributed by atoms with E-state index in [9.17, 15) is 26.4 Å². The molecule has 0 unspecified atom stereocenters. The lowest BCUT2D eigenvalue weighted by atomic mass is 10.0. The van der Waals surface area contributed by atoms with Crippen LogP contribution in [0.4, 0.5) is 13.2 Å². The van der Waals surface area contributed by atoms with Crippen molar-refractivity contribution in [1.82, 2.24) is 9.29 Å². The number of sulfonamides is 1. The maximum absolute atomic E-state index is 15.0. The SMILES string of the molecule is COC(=O)c1ccc2c(C)cc(-c3c(F)cc(S(=O)(=O)N4CC[C@@H](F)C4)cc3F)nc2c1. The third-order valence-electron chi connectivity index (χ3n) is 5.44. The molecule has 0 bridgehead atoms. The maximum atomic E-state index is 15.0. The van der Waals surface area contributed by atoms with Gasteiger partial charge in [-0.05, 0) is 49.2 Å². The lowest BCUT2D eigenvalue weighted by molar-refractivity contribution is 0.0601. The molecular formula is C22H19F3N2O4S. The predicted octanol–water partition coefficient (Wildman–Crippen LogP) is 4.01. The monoisotopic (exact) mass is 464 g/mol. The van der Waals surface area contributed by atoms with Crippen LogP contribution in [-0.4, -0.2) is 50.0 Å². The van der Waals surface area contributed by atoms with Gasteiger partial charge in [0.05, 0.1) is 34.3 Å². The number of halogens is 3. The highest BCUT2D eigenvalue weighted by molar-refractivity contribution is 7.89. The van der Waals surface area contributed by atoms with E-state index in [1.165, 1.54) is 19.2 Å². The fraction of sp³-hybridized carbons (Fsp3) is 0.273. The maximum Gasteiger partial charge on any atom is 0.337 e. The summed E-state index contributed by atoms with van der Waals surface area (Å²) in [5, 5.41) is 0.677. The Morgan fingerprint density at radius 1 is 1.16 bits per heavy atom. The number of aryl methyl sites for hydroxylation is 1. The molecule has 0 N–H and O–H groups in total. The molecule has 1 aliphatic rings. The number of methoxy groups -OCH3 is 1. The van der Waals surface area contributed by atoms with E-state index in [1.54, 1.807) is 19.1 Å². The molecule has 1 fully saturated rings. The van der Waals surface area contributed by atoms with Crippen LogP contribution in [0.2, 0.25) is 0 Å². The third-order valence-corrected chi connectivity index (χ3v) is 7.28. The minimum absolute atomic E-state index is 0.0378. The Morgan fingerprint density at radius 2 is 1.84 bits per heavy atom. The molecule has 2 aromatic carbocycles. The van der Waals surface area contributed by atoms with Crippen LogP contribution in [0.15, 0.2) is 41.3 Å². The van der Waals surface area contributed by atoms with E-state index in [1.807, 2.05) is 0 Å². The summed E-state index contributed by atoms with van der Waals surface area (Å²) in [6, 6.07) is 7.57. The van der Waals surface area contributed by atoms with E-state index in [2.05, 4.69) is 4.98 Å². The average molecular weight is 464 g/mol. The van der Waals surface area contributed by atoms with Crippen LogP contribution in [-0.2, 0) is 14.8 Å². The fourth-order valence-electron chi connectivity index (χ4n) is 3.77. The number of ether oxygens (including phenoxy) is 1. The minimum Gasteiger partial charge on any atom is -0.465 e. The Hall–Kier alpha value is -2.98. The van der Waals surface area contributed by atoms with Gasteiger partial charge < -0.3 is 4.74 Å². The van der Waals surface area contributed by atoms with Crippen molar-refractivity contribution >= 4 is 26.9 Å². The molecule has 0 aliphatic carbocycles. The quantitative estimate of drug-likeness (QED) is 0.546. The first-order valence-corrected chi connectivity index (χ1v) is 11.2. The average Bonchev–Trinajstić information content (AvgIpc) is 3.19. The fourth-order valence-corrected chi connectivity index (χ4v) is 5.28. The first-order chi connectivity index (χ1) is 15.1. The molecule has 6 nitrogen and oxygen atoms in total. The first-order valence-electron chi connectivity index (χ1n) is 9.75. The van der Waals surface area contributed by atoms with Crippen molar-refractivity contribution in [1.29, 1.82) is 0 Å². The number of hydrogen-bond donors (Lipinski definition) is 0. The Morgan fingerprint density at radius 3 is 2.44 bits per heavy atom. The van der Waals surface area contributed by atoms with Crippen LogP contribution in [0.25, 0.3) is 22.2 Å². The zero-order chi connectivity index (χ0) is 23.2. The summed E-state index contributed by atoms with van der Waals surface area (Å²) in [4.78, 5) is 15.5. The van der Waals surface area contributed by atoms with E-state index >= 15 is 0 Å². The van der Waals surface area contributed by atoms with Crippen molar-refractivity contribution in [3.05, 3.63) is 59.2 Å². The Balaban J connectivity index is 1.81. The molecule has 0 saturated carbocycles. The summed E-state index contributed by atoms with van der Waals surface area (Å²) in [5.74, 6) is -2.81. The lowest BCUT2D eigenvalue weighted by Crippen LogP contribution is -2.29. The number of pyridine rings is 1. The van der Waals surface area contributed by atoms with Gasteiger partial charge in [0.1, 0.15) is 17.8 Å². The highest BCUT2D eigenvalue weighted by Crippen LogP contribution is 2.32. The van der Waals surface area contributed by atoms with Crippen molar-refractivity contribution in [3.8, 4) is 11.3 Å². The lowest BCUT2D eigenvalue weighted by Gasteiger charge is -2.16. The number of aromatic nitrogens is 1. The number of benzene rings is 2. The molecule has 0 spiro atoms. The number of fused-ring (bicyclic) bond motifs is 1. The second-order valence-corrected chi connectivity index (χ2v) is 9.50. The molecular weight excluding hydrogens is 445 g/mol. The normalized spacial score (nSPS) is 17.1. The molecule has 1 saturated heterocycles. The molecule has 10 heteroatoms. The van der Waals surface area contributed by atoms with Gasteiger partial charge in [0.25, 0.3) is 0 Å². The molecule has 2 heterocycles. The number of alkyl halides is 1. The summed E-state index contributed by atoms with van der Waals surface area (Å²) < 4.78 is 74.3. The van der Waals surface area contributed by atoms with E-state index in [0.29, 0.717) is 28.6 Å². The largest absolute Gasteiger partial charge is 0.465 e. The molecule has 0 radical (unpaired) electrons. The molecule has 3 aromatic rings. The third kappa shape index (κ3) is 3.84. The Bertz CT molecular complexity index is 1320. The van der Waals surface area contributed by atoms with E-state index in [-0.39, 0.29) is 30.8 Å². The number of carbonyl (C=O) groups excluding carboxylic acids is 1. The number of rotatable bonds is 4. The Kier molecular flexibility index (Phi) is 5.68. The molecule has 168 valence electrons. The van der Waals surface area contributed by atoms with Crippen LogP contribution in [0.1, 0.15) is 22.3 Å². The van der Waals surface area contributed by atoms with Crippen molar-refractivity contribution in [2.24, 2.45) is 0 Å². The molecule has 1 atom stereocenters. The van der Waals surface area contributed by atoms with Crippen molar-refractivity contribution < 1.29 is 31.1 Å². The number of esters is 1. The summed E-state index contributed by atoms with van der Waals surface area (Å²) in [7, 11) is -3.00. The van der Waals surface area contributed by atoms with Crippen LogP contribution in [0, 0.1) is 18.6 Å². The highest BCUT2D eigenvalue weighted by atomic mass is 32.2. The van der Waals surface area contributed by atoms with Crippen molar-refractivity contribution in [3.63, 3.8) is 0 Å². The smallest absolute Gasteiger partial charge is 0.337 e. The second-order valence-electron chi connectivity index (χ2n) is 7.56. The van der Waals surface area contributed by atoms with Gasteiger partial charge in [-0.3, -0.25) is 0 Å². The van der Waals surface area contributed by atoms with Gasteiger partial charge in [-0.15, -0.1) is 0 Å². The predicted molar refractivity (Wildman–Crippen MR) is 111 cm³/mol. The van der Waals surface area contributed by atoms with Crippen LogP contribution < -0.4 is 0 Å². The van der Waals surface area contributed by atoms with Crippen LogP contribution in [0.3, 0.4) is 0 Å². The van der Waals surface area contributed by atoms with Gasteiger partial charge in [0.15, 0.2) is 0 Å². The van der Waals surface area contributed by atoms with E-state index in [0.717, 1.165) is 4.31 Å². The molecule has 4 rings (SSSR count). The van der Waals surface area contributed by atoms with E-state index < -0.39 is 44.3 Å². The number of hydrogen-bond acceptors (Lipinski definition) is 5. The van der Waals surface area contributed by atoms with Gasteiger partial charge in [0.2, 0.25) is 10.0 Å². The molecule has 32 heavy (non-hydrogen) atoms. The summed E-state index contributed by atoms with van der Waals surface area (Å²) in [6.45, 7) is 1.32. The molecule has 1 aromatic heterocycles. The topological polar surface area (TPSA) is 76.6 Å². The number of nitrogens with zero attached hydrogens (tertiary/aromatic N) is 2. The van der Waals surface area contributed by atoms with Crippen molar-refractivity contribution in [2.45, 2.75) is 24.4 Å². The summed E-state index contributed by atoms with van der Waals surface area (Å²) in [5.41, 5.74) is 0.652. The standard InChI is InChI=1S/C22H19F3N2O4S/c1-12-7-20(26-19-8-13(22(28)31-2)3-4-16(12)19)21-17(24)9-15(10-18(21)25)32(29,30)27-6-5-14(23)11-27/h3-4,7-10,14H,5-6,11H2,1-2H3/t14-/m1/s1. The molecule has 1 aliphatic heterocycles. The van der Waals surface area contributed by atoms with Crippen LogP contribution in [0.5, 0.6) is 0 Å². The minimum atomic E-state index is -4.23. The van der Waals surface area contributed by atoms with E-state index in [4.69, 9.17) is 4.74 Å². The van der Waals surface area contributed by atoms with Gasteiger partial charge >= 0.3 is 5.97 Å². The zero-order valence-corrected chi connectivity index (χ0v) is 18.0. The zero-order valence-electron chi connectivity index (χ0n) is 17.2. The highest BCUT2D eigenvalue weighted by Gasteiger charge is 2.33. The van der Waals surface area contributed by atoms with Gasteiger partial charge in [-0.25, -0.2) is 31.4 Å². The van der Waals surface area contributed by atoms with Crippen LogP contribution >= 0.6 is 0 Å². The first kappa shape index (κ1) is 22.2. The molecule has 0 amide bonds. The van der Waals surface area contributed by atoms with Crippen molar-refractivity contribution in [2.75, 3.05) is 20.2 Å².